The van der Waals surface area contributed by atoms with E-state index in [0.29, 0.717) is 11.0 Å². The zero-order valence-corrected chi connectivity index (χ0v) is 13.5. The van der Waals surface area contributed by atoms with Crippen LogP contribution in [0.15, 0.2) is 34.8 Å². The van der Waals surface area contributed by atoms with Crippen molar-refractivity contribution in [3.05, 3.63) is 56.8 Å². The summed E-state index contributed by atoms with van der Waals surface area (Å²) in [7, 11) is 0. The summed E-state index contributed by atoms with van der Waals surface area (Å²) >= 11 is 4.94. The molecule has 3 nitrogen and oxygen atoms in total. The Bertz CT molecular complexity index is 836. The molecule has 0 fully saturated rings. The minimum absolute atomic E-state index is 0.223. The molecule has 0 aliphatic carbocycles. The molecule has 0 unspecified atom stereocenters. The van der Waals surface area contributed by atoms with E-state index in [1.54, 1.807) is 28.0 Å². The quantitative estimate of drug-likeness (QED) is 0.731. The fraction of sp³-hybridized carbons (Fsp3) is 0.133. The molecule has 0 aliphatic heterocycles. The van der Waals surface area contributed by atoms with Crippen LogP contribution in [0.2, 0.25) is 0 Å². The number of aromatic carboxylic acids is 1. The van der Waals surface area contributed by atoms with E-state index in [1.165, 1.54) is 12.1 Å². The number of hydrogen-bond donors (Lipinski definition) is 1. The number of thiophene rings is 1. The number of carboxylic acid groups (broad SMARTS) is 1. The number of benzene rings is 1. The van der Waals surface area contributed by atoms with Gasteiger partial charge in [0.25, 0.3) is 0 Å². The van der Waals surface area contributed by atoms with Gasteiger partial charge >= 0.3 is 5.97 Å². The third-order valence-electron chi connectivity index (χ3n) is 3.26. The van der Waals surface area contributed by atoms with E-state index in [9.17, 15) is 14.3 Å². The van der Waals surface area contributed by atoms with Gasteiger partial charge in [0.15, 0.2) is 0 Å². The Kier molecular flexibility index (Phi) is 3.59. The van der Waals surface area contributed by atoms with Gasteiger partial charge in [0.1, 0.15) is 11.5 Å². The molecule has 21 heavy (non-hydrogen) atoms. The van der Waals surface area contributed by atoms with Gasteiger partial charge in [-0.15, -0.1) is 11.3 Å². The van der Waals surface area contributed by atoms with Gasteiger partial charge in [-0.2, -0.15) is 0 Å². The first-order valence-corrected chi connectivity index (χ1v) is 7.84. The summed E-state index contributed by atoms with van der Waals surface area (Å²) in [6, 6.07) is 8.06. The van der Waals surface area contributed by atoms with Crippen LogP contribution in [-0.2, 0) is 6.54 Å². The minimum Gasteiger partial charge on any atom is -0.477 e. The zero-order chi connectivity index (χ0) is 15.1. The number of rotatable bonds is 3. The maximum Gasteiger partial charge on any atom is 0.353 e. The zero-order valence-electron chi connectivity index (χ0n) is 11.1. The van der Waals surface area contributed by atoms with Gasteiger partial charge in [0, 0.05) is 11.4 Å². The molecule has 108 valence electrons. The van der Waals surface area contributed by atoms with Crippen LogP contribution in [0.5, 0.6) is 0 Å². The van der Waals surface area contributed by atoms with Crippen molar-refractivity contribution in [1.82, 2.24) is 4.57 Å². The third kappa shape index (κ3) is 2.49. The first kappa shape index (κ1) is 14.3. The Morgan fingerprint density at radius 3 is 2.67 bits per heavy atom. The molecule has 0 amide bonds. The lowest BCUT2D eigenvalue weighted by Crippen LogP contribution is -2.10. The van der Waals surface area contributed by atoms with Crippen LogP contribution in [-0.4, -0.2) is 15.6 Å². The van der Waals surface area contributed by atoms with Crippen LogP contribution >= 0.6 is 27.3 Å². The van der Waals surface area contributed by atoms with Gasteiger partial charge in [-0.3, -0.25) is 0 Å². The topological polar surface area (TPSA) is 42.2 Å². The van der Waals surface area contributed by atoms with Crippen molar-refractivity contribution in [2.45, 2.75) is 13.5 Å². The van der Waals surface area contributed by atoms with Crippen molar-refractivity contribution in [1.29, 1.82) is 0 Å². The second kappa shape index (κ2) is 5.27. The predicted octanol–water partition coefficient (Wildman–Crippen LogP) is 4.66. The molecule has 0 saturated heterocycles. The molecule has 0 aliphatic rings. The number of carboxylic acids is 1. The summed E-state index contributed by atoms with van der Waals surface area (Å²) in [6.07, 6.45) is 0. The predicted molar refractivity (Wildman–Crippen MR) is 84.7 cm³/mol. The lowest BCUT2D eigenvalue weighted by Gasteiger charge is -2.08. The SMILES string of the molecule is Cc1cc2c(s1)c(Br)c(C(=O)O)n2Cc1ccc(F)cc1. The summed E-state index contributed by atoms with van der Waals surface area (Å²) in [6.45, 7) is 2.37. The Morgan fingerprint density at radius 2 is 2.05 bits per heavy atom. The molecular weight excluding hydrogens is 357 g/mol. The van der Waals surface area contributed by atoms with Gasteiger partial charge in [-0.25, -0.2) is 9.18 Å². The fourth-order valence-electron chi connectivity index (χ4n) is 2.35. The average molecular weight is 368 g/mol. The highest BCUT2D eigenvalue weighted by molar-refractivity contribution is 9.10. The Labute approximate surface area is 132 Å². The maximum absolute atomic E-state index is 13.0. The molecule has 3 rings (SSSR count). The summed E-state index contributed by atoms with van der Waals surface area (Å²) in [5, 5.41) is 9.45. The molecule has 0 spiro atoms. The van der Waals surface area contributed by atoms with Crippen LogP contribution in [0.25, 0.3) is 10.2 Å². The van der Waals surface area contributed by atoms with E-state index in [0.717, 1.165) is 20.7 Å². The molecular formula is C15H11BrFNO2S. The van der Waals surface area contributed by atoms with E-state index in [1.807, 2.05) is 13.0 Å². The van der Waals surface area contributed by atoms with Gasteiger partial charge < -0.3 is 9.67 Å². The summed E-state index contributed by atoms with van der Waals surface area (Å²) < 4.78 is 16.3. The van der Waals surface area contributed by atoms with Crippen molar-refractivity contribution in [3.63, 3.8) is 0 Å². The summed E-state index contributed by atoms with van der Waals surface area (Å²) in [5.41, 5.74) is 1.96. The van der Waals surface area contributed by atoms with Crippen molar-refractivity contribution in [2.75, 3.05) is 0 Å². The molecule has 2 aromatic heterocycles. The largest absolute Gasteiger partial charge is 0.477 e. The number of aryl methyl sites for hydroxylation is 1. The van der Waals surface area contributed by atoms with E-state index < -0.39 is 5.97 Å². The van der Waals surface area contributed by atoms with Gasteiger partial charge in [0.05, 0.1) is 14.7 Å². The Hall–Kier alpha value is -1.66. The van der Waals surface area contributed by atoms with Crippen LogP contribution in [0, 0.1) is 12.7 Å². The van der Waals surface area contributed by atoms with E-state index >= 15 is 0 Å². The normalized spacial score (nSPS) is 11.2. The monoisotopic (exact) mass is 367 g/mol. The van der Waals surface area contributed by atoms with E-state index in [-0.39, 0.29) is 11.5 Å². The lowest BCUT2D eigenvalue weighted by atomic mass is 10.2. The summed E-state index contributed by atoms with van der Waals surface area (Å²) in [5.74, 6) is -1.28. The molecule has 0 bridgehead atoms. The first-order valence-electron chi connectivity index (χ1n) is 6.23. The molecule has 1 N–H and O–H groups in total. The Balaban J connectivity index is 2.17. The fourth-order valence-corrected chi connectivity index (χ4v) is 4.13. The molecule has 2 heterocycles. The van der Waals surface area contributed by atoms with Crippen molar-refractivity contribution in [2.24, 2.45) is 0 Å². The summed E-state index contributed by atoms with van der Waals surface area (Å²) in [4.78, 5) is 12.6. The van der Waals surface area contributed by atoms with Crippen LogP contribution in [0.1, 0.15) is 20.9 Å². The molecule has 3 aromatic rings. The molecule has 0 atom stereocenters. The third-order valence-corrected chi connectivity index (χ3v) is 5.35. The van der Waals surface area contributed by atoms with E-state index in [2.05, 4.69) is 15.9 Å². The first-order chi connectivity index (χ1) is 9.97. The van der Waals surface area contributed by atoms with Gasteiger partial charge in [-0.05, 0) is 46.6 Å². The van der Waals surface area contributed by atoms with Crippen molar-refractivity contribution in [3.8, 4) is 0 Å². The second-order valence-electron chi connectivity index (χ2n) is 4.75. The number of nitrogens with zero attached hydrogens (tertiary/aromatic N) is 1. The van der Waals surface area contributed by atoms with Gasteiger partial charge in [0.2, 0.25) is 0 Å². The smallest absolute Gasteiger partial charge is 0.353 e. The molecule has 0 radical (unpaired) electrons. The number of halogens is 2. The minimum atomic E-state index is -0.981. The highest BCUT2D eigenvalue weighted by Crippen LogP contribution is 2.37. The highest BCUT2D eigenvalue weighted by atomic mass is 79.9. The number of hydrogen-bond acceptors (Lipinski definition) is 2. The molecule has 0 saturated carbocycles. The molecule has 1 aromatic carbocycles. The maximum atomic E-state index is 13.0. The Morgan fingerprint density at radius 1 is 1.38 bits per heavy atom. The van der Waals surface area contributed by atoms with E-state index in [4.69, 9.17) is 0 Å². The second-order valence-corrected chi connectivity index (χ2v) is 6.80. The van der Waals surface area contributed by atoms with Crippen molar-refractivity contribution >= 4 is 43.5 Å². The van der Waals surface area contributed by atoms with Crippen LogP contribution in [0.4, 0.5) is 4.39 Å². The highest BCUT2D eigenvalue weighted by Gasteiger charge is 2.22. The standard InChI is InChI=1S/C15H11BrFNO2S/c1-8-6-11-14(21-8)12(16)13(15(19)20)18(11)7-9-2-4-10(17)5-3-9/h2-6H,7H2,1H3,(H,19,20). The van der Waals surface area contributed by atoms with Gasteiger partial charge in [-0.1, -0.05) is 12.1 Å². The average Bonchev–Trinajstić information content (AvgIpc) is 2.91. The van der Waals surface area contributed by atoms with Crippen LogP contribution < -0.4 is 0 Å². The number of fused-ring (bicyclic) bond motifs is 1. The number of aromatic nitrogens is 1. The van der Waals surface area contributed by atoms with Crippen molar-refractivity contribution < 1.29 is 14.3 Å². The lowest BCUT2D eigenvalue weighted by molar-refractivity contribution is 0.0685. The van der Waals surface area contributed by atoms with Crippen LogP contribution in [0.3, 0.4) is 0 Å². The molecule has 6 heteroatoms. The number of carbonyl (C=O) groups is 1.